The van der Waals surface area contributed by atoms with E-state index < -0.39 is 21.4 Å². The first-order valence-electron chi connectivity index (χ1n) is 7.49. The molecule has 0 saturated carbocycles. The second kappa shape index (κ2) is 6.39. The Kier molecular flexibility index (Phi) is 3.96. The van der Waals surface area contributed by atoms with Crippen molar-refractivity contribution in [3.8, 4) is 0 Å². The number of nitrogens with two attached hydrogens (primary N) is 1. The predicted octanol–water partition coefficient (Wildman–Crippen LogP) is 2.06. The topological polar surface area (TPSA) is 80.4 Å². The van der Waals surface area contributed by atoms with Gasteiger partial charge in [-0.05, 0) is 24.0 Å². The Morgan fingerprint density at radius 3 is 1.62 bits per heavy atom. The molecule has 0 atom stereocenters. The standard InChI is InChI=1S/C16H19NO3S/c17-13-16(21(18,19)20,11-14-7-3-1-4-8-14)12-15-9-5-2-6-10-15/h1-10H,11-13,17H2,(H,18,19,20)/i13D2. The van der Waals surface area contributed by atoms with Crippen LogP contribution in [0.15, 0.2) is 60.7 Å². The van der Waals surface area contributed by atoms with Gasteiger partial charge in [-0.15, -0.1) is 0 Å². The van der Waals surface area contributed by atoms with Crippen molar-refractivity contribution < 1.29 is 15.7 Å². The van der Waals surface area contributed by atoms with E-state index in [0.29, 0.717) is 11.1 Å². The summed E-state index contributed by atoms with van der Waals surface area (Å²) in [5.41, 5.74) is 6.75. The summed E-state index contributed by atoms with van der Waals surface area (Å²) in [6.07, 6.45) is -0.462. The van der Waals surface area contributed by atoms with E-state index in [4.69, 9.17) is 8.48 Å². The molecule has 0 radical (unpaired) electrons. The van der Waals surface area contributed by atoms with Crippen LogP contribution in [0.3, 0.4) is 0 Å². The first kappa shape index (κ1) is 13.0. The Morgan fingerprint density at radius 2 is 1.33 bits per heavy atom. The van der Waals surface area contributed by atoms with Crippen LogP contribution in [0, 0.1) is 0 Å². The second-order valence-electron chi connectivity index (χ2n) is 4.94. The Morgan fingerprint density at radius 1 is 0.952 bits per heavy atom. The third-order valence-corrected chi connectivity index (χ3v) is 4.82. The smallest absolute Gasteiger partial charge is 0.272 e. The van der Waals surface area contributed by atoms with Crippen molar-refractivity contribution in [3.63, 3.8) is 0 Å². The molecule has 21 heavy (non-hydrogen) atoms. The molecule has 112 valence electrons. The predicted molar refractivity (Wildman–Crippen MR) is 83.6 cm³/mol. The first-order valence-corrected chi connectivity index (χ1v) is 7.93. The van der Waals surface area contributed by atoms with Crippen molar-refractivity contribution in [2.45, 2.75) is 17.6 Å². The summed E-state index contributed by atoms with van der Waals surface area (Å²) < 4.78 is 47.7. The van der Waals surface area contributed by atoms with Crippen LogP contribution in [0.5, 0.6) is 0 Å². The maximum absolute atomic E-state index is 12.1. The minimum Gasteiger partial charge on any atom is -0.329 e. The molecule has 0 unspecified atom stereocenters. The van der Waals surface area contributed by atoms with E-state index in [1.807, 2.05) is 0 Å². The third-order valence-electron chi connectivity index (χ3n) is 3.42. The van der Waals surface area contributed by atoms with Crippen LogP contribution in [-0.2, 0) is 23.0 Å². The van der Waals surface area contributed by atoms with Crippen LogP contribution in [0.1, 0.15) is 13.9 Å². The van der Waals surface area contributed by atoms with Gasteiger partial charge in [-0.1, -0.05) is 60.7 Å². The number of hydrogen-bond donors (Lipinski definition) is 2. The summed E-state index contributed by atoms with van der Waals surface area (Å²) in [6.45, 7) is -2.63. The van der Waals surface area contributed by atoms with Gasteiger partial charge in [-0.25, -0.2) is 0 Å². The average Bonchev–Trinajstić information content (AvgIpc) is 2.46. The lowest BCUT2D eigenvalue weighted by atomic mass is 9.91. The van der Waals surface area contributed by atoms with Gasteiger partial charge in [-0.2, -0.15) is 8.42 Å². The molecule has 0 saturated heterocycles. The van der Waals surface area contributed by atoms with Gasteiger partial charge in [0.05, 0.1) is 0 Å². The summed E-state index contributed by atoms with van der Waals surface area (Å²) in [5, 5.41) is 0. The molecule has 5 heteroatoms. The van der Waals surface area contributed by atoms with Gasteiger partial charge < -0.3 is 5.73 Å². The van der Waals surface area contributed by atoms with Crippen molar-refractivity contribution in [2.24, 2.45) is 5.73 Å². The zero-order chi connectivity index (χ0) is 17.1. The van der Waals surface area contributed by atoms with Crippen LogP contribution in [-0.4, -0.2) is 24.2 Å². The van der Waals surface area contributed by atoms with Gasteiger partial charge >= 0.3 is 0 Å². The fourth-order valence-corrected chi connectivity index (χ4v) is 3.12. The molecule has 4 nitrogen and oxygen atoms in total. The van der Waals surface area contributed by atoms with Gasteiger partial charge in [0, 0.05) is 9.24 Å². The fourth-order valence-electron chi connectivity index (χ4n) is 2.27. The molecule has 0 aliphatic heterocycles. The number of benzene rings is 2. The van der Waals surface area contributed by atoms with Gasteiger partial charge in [0.15, 0.2) is 0 Å². The molecule has 0 aliphatic rings. The normalized spacial score (nSPS) is 14.4. The largest absolute Gasteiger partial charge is 0.329 e. The summed E-state index contributed by atoms with van der Waals surface area (Å²) >= 11 is 0. The number of hydrogen-bond acceptors (Lipinski definition) is 3. The van der Waals surface area contributed by atoms with Crippen LogP contribution >= 0.6 is 0 Å². The molecular formula is C16H19NO3S. The van der Waals surface area contributed by atoms with E-state index in [0.717, 1.165) is 0 Å². The molecule has 0 aliphatic carbocycles. The highest BCUT2D eigenvalue weighted by Gasteiger charge is 2.42. The Hall–Kier alpha value is -1.69. The summed E-state index contributed by atoms with van der Waals surface area (Å²) in [4.78, 5) is 0. The zero-order valence-corrected chi connectivity index (χ0v) is 12.3. The summed E-state index contributed by atoms with van der Waals surface area (Å²) in [6, 6.07) is 17.1. The van der Waals surface area contributed by atoms with E-state index >= 15 is 0 Å². The molecule has 2 aromatic carbocycles. The van der Waals surface area contributed by atoms with Crippen molar-refractivity contribution >= 4 is 10.1 Å². The van der Waals surface area contributed by atoms with E-state index in [2.05, 4.69) is 0 Å². The van der Waals surface area contributed by atoms with E-state index in [1.165, 1.54) is 0 Å². The molecule has 2 rings (SSSR count). The van der Waals surface area contributed by atoms with Gasteiger partial charge in [0.25, 0.3) is 10.1 Å². The van der Waals surface area contributed by atoms with Crippen LogP contribution in [0.25, 0.3) is 0 Å². The second-order valence-corrected chi connectivity index (χ2v) is 6.67. The van der Waals surface area contributed by atoms with Crippen molar-refractivity contribution in [1.29, 1.82) is 0 Å². The Bertz CT molecular complexity index is 702. The maximum Gasteiger partial charge on any atom is 0.272 e. The van der Waals surface area contributed by atoms with Crippen molar-refractivity contribution in [3.05, 3.63) is 71.8 Å². The molecule has 0 heterocycles. The monoisotopic (exact) mass is 307 g/mol. The summed E-state index contributed by atoms with van der Waals surface area (Å²) in [7, 11) is -4.78. The molecule has 0 aromatic heterocycles. The number of rotatable bonds is 6. The molecule has 0 fully saturated rings. The molecule has 0 spiro atoms. The van der Waals surface area contributed by atoms with E-state index in [9.17, 15) is 13.0 Å². The highest BCUT2D eigenvalue weighted by atomic mass is 32.2. The van der Waals surface area contributed by atoms with Gasteiger partial charge in [-0.3, -0.25) is 4.55 Å². The van der Waals surface area contributed by atoms with Crippen LogP contribution < -0.4 is 5.73 Å². The molecule has 3 N–H and O–H groups in total. The minimum atomic E-state index is -4.78. The SMILES string of the molecule is [2H]C([2H])(N)C(Cc1ccccc1)(Cc1ccccc1)S(=O)(=O)O. The molecule has 0 amide bonds. The van der Waals surface area contributed by atoms with E-state index in [-0.39, 0.29) is 12.8 Å². The molecule has 2 aromatic rings. The highest BCUT2D eigenvalue weighted by molar-refractivity contribution is 7.87. The third kappa shape index (κ3) is 3.69. The van der Waals surface area contributed by atoms with Gasteiger partial charge in [0.2, 0.25) is 0 Å². The minimum absolute atomic E-state index is 0.231. The van der Waals surface area contributed by atoms with Crippen LogP contribution in [0.2, 0.25) is 0 Å². The molecular weight excluding hydrogens is 286 g/mol. The Balaban J connectivity index is 2.56. The van der Waals surface area contributed by atoms with Gasteiger partial charge in [0.1, 0.15) is 4.75 Å². The zero-order valence-electron chi connectivity index (χ0n) is 13.4. The quantitative estimate of drug-likeness (QED) is 0.801. The maximum atomic E-state index is 12.1. The van der Waals surface area contributed by atoms with Crippen molar-refractivity contribution in [2.75, 3.05) is 6.50 Å². The van der Waals surface area contributed by atoms with Crippen LogP contribution in [0.4, 0.5) is 0 Å². The van der Waals surface area contributed by atoms with Crippen molar-refractivity contribution in [1.82, 2.24) is 0 Å². The van der Waals surface area contributed by atoms with E-state index in [1.54, 1.807) is 60.7 Å². The summed E-state index contributed by atoms with van der Waals surface area (Å²) in [5.74, 6) is 0. The Labute approximate surface area is 128 Å². The highest BCUT2D eigenvalue weighted by Crippen LogP contribution is 2.26. The lowest BCUT2D eigenvalue weighted by molar-refractivity contribution is 0.417. The average molecular weight is 307 g/mol. The lowest BCUT2D eigenvalue weighted by Gasteiger charge is -2.29. The fraction of sp³-hybridized carbons (Fsp3) is 0.250. The first-order chi connectivity index (χ1) is 10.7. The molecule has 0 bridgehead atoms. The lowest BCUT2D eigenvalue weighted by Crippen LogP contribution is -2.49.